The zero-order chi connectivity index (χ0) is 15.9. The molecule has 1 aromatic rings. The van der Waals surface area contributed by atoms with E-state index in [1.165, 1.54) is 29.9 Å². The molecular formula is C19H32OS. The summed E-state index contributed by atoms with van der Waals surface area (Å²) in [4.78, 5) is 0. The van der Waals surface area contributed by atoms with Crippen molar-refractivity contribution < 1.29 is 4.74 Å². The fourth-order valence-electron chi connectivity index (χ4n) is 2.07. The predicted molar refractivity (Wildman–Crippen MR) is 96.5 cm³/mol. The summed E-state index contributed by atoms with van der Waals surface area (Å²) in [5.41, 5.74) is 1.76. The van der Waals surface area contributed by atoms with E-state index >= 15 is 0 Å². The van der Waals surface area contributed by atoms with Crippen molar-refractivity contribution in [3.05, 3.63) is 29.8 Å². The molecule has 1 rings (SSSR count). The molecule has 1 aromatic carbocycles. The number of thioether (sulfide) groups is 1. The van der Waals surface area contributed by atoms with E-state index in [0.717, 1.165) is 12.2 Å². The van der Waals surface area contributed by atoms with Gasteiger partial charge in [0.2, 0.25) is 0 Å². The first-order chi connectivity index (χ1) is 9.66. The van der Waals surface area contributed by atoms with E-state index in [-0.39, 0.29) is 5.60 Å². The van der Waals surface area contributed by atoms with Crippen LogP contribution in [0, 0.1) is 5.41 Å². The Balaban J connectivity index is 2.21. The van der Waals surface area contributed by atoms with Crippen LogP contribution in [0.25, 0.3) is 0 Å². The molecule has 0 unspecified atom stereocenters. The summed E-state index contributed by atoms with van der Waals surface area (Å²) >= 11 is 2.07. The van der Waals surface area contributed by atoms with Gasteiger partial charge in [0.15, 0.2) is 0 Å². The first kappa shape index (κ1) is 18.4. The van der Waals surface area contributed by atoms with Crippen LogP contribution in [0.2, 0.25) is 0 Å². The van der Waals surface area contributed by atoms with Gasteiger partial charge in [0.05, 0.1) is 0 Å². The molecule has 120 valence electrons. The van der Waals surface area contributed by atoms with E-state index in [1.54, 1.807) is 0 Å². The molecule has 0 fully saturated rings. The van der Waals surface area contributed by atoms with Crippen molar-refractivity contribution in [3.8, 4) is 5.75 Å². The fraction of sp³-hybridized carbons (Fsp3) is 0.684. The summed E-state index contributed by atoms with van der Waals surface area (Å²) < 4.78 is 5.84. The van der Waals surface area contributed by atoms with Crippen molar-refractivity contribution in [2.24, 2.45) is 5.41 Å². The number of rotatable bonds is 7. The highest BCUT2D eigenvalue weighted by Crippen LogP contribution is 2.22. The summed E-state index contributed by atoms with van der Waals surface area (Å²) in [7, 11) is 0. The number of ether oxygens (including phenoxy) is 1. The third kappa shape index (κ3) is 9.84. The van der Waals surface area contributed by atoms with E-state index in [2.05, 4.69) is 77.6 Å². The van der Waals surface area contributed by atoms with E-state index in [0.29, 0.717) is 5.41 Å². The maximum Gasteiger partial charge on any atom is 0.120 e. The molecular weight excluding hydrogens is 276 g/mol. The van der Waals surface area contributed by atoms with Crippen LogP contribution in [0.4, 0.5) is 0 Å². The van der Waals surface area contributed by atoms with Crippen LogP contribution < -0.4 is 4.74 Å². The van der Waals surface area contributed by atoms with E-state index < -0.39 is 0 Å². The third-order valence-electron chi connectivity index (χ3n) is 3.10. The van der Waals surface area contributed by atoms with Crippen LogP contribution >= 0.6 is 11.8 Å². The lowest BCUT2D eigenvalue weighted by Gasteiger charge is -2.21. The standard InChI is InChI=1S/C19H32OS/c1-18(2,3)13-7-14-21-15-12-16-8-10-17(11-9-16)20-19(4,5)6/h8-11H,7,12-15H2,1-6H3. The smallest absolute Gasteiger partial charge is 0.120 e. The fourth-order valence-corrected chi connectivity index (χ4v) is 3.01. The average molecular weight is 309 g/mol. The molecule has 0 N–H and O–H groups in total. The topological polar surface area (TPSA) is 9.23 Å². The van der Waals surface area contributed by atoms with E-state index in [9.17, 15) is 0 Å². The maximum atomic E-state index is 5.84. The number of aryl methyl sites for hydroxylation is 1. The second kappa shape index (κ2) is 8.12. The Labute approximate surface area is 135 Å². The van der Waals surface area contributed by atoms with Gasteiger partial charge < -0.3 is 4.74 Å². The molecule has 0 heterocycles. The van der Waals surface area contributed by atoms with Gasteiger partial charge in [-0.05, 0) is 74.7 Å². The molecule has 2 heteroatoms. The highest BCUT2D eigenvalue weighted by atomic mass is 32.2. The van der Waals surface area contributed by atoms with Gasteiger partial charge >= 0.3 is 0 Å². The lowest BCUT2D eigenvalue weighted by Crippen LogP contribution is -2.22. The number of benzene rings is 1. The Morgan fingerprint density at radius 3 is 2.05 bits per heavy atom. The van der Waals surface area contributed by atoms with Gasteiger partial charge in [-0.15, -0.1) is 0 Å². The Morgan fingerprint density at radius 1 is 0.905 bits per heavy atom. The summed E-state index contributed by atoms with van der Waals surface area (Å²) in [5.74, 6) is 3.45. The third-order valence-corrected chi connectivity index (χ3v) is 4.17. The SMILES string of the molecule is CC(C)(C)CCCSCCc1ccc(OC(C)(C)C)cc1. The summed E-state index contributed by atoms with van der Waals surface area (Å²) in [6.07, 6.45) is 3.79. The normalized spacial score (nSPS) is 12.5. The van der Waals surface area contributed by atoms with Gasteiger partial charge in [0.25, 0.3) is 0 Å². The lowest BCUT2D eigenvalue weighted by molar-refractivity contribution is 0.131. The zero-order valence-corrected chi connectivity index (χ0v) is 15.5. The van der Waals surface area contributed by atoms with E-state index in [1.807, 2.05) is 0 Å². The van der Waals surface area contributed by atoms with Crippen LogP contribution in [0.5, 0.6) is 5.75 Å². The highest BCUT2D eigenvalue weighted by molar-refractivity contribution is 7.99. The maximum absolute atomic E-state index is 5.84. The van der Waals surface area contributed by atoms with Crippen molar-refractivity contribution in [2.45, 2.75) is 66.4 Å². The molecule has 0 spiro atoms. The van der Waals surface area contributed by atoms with E-state index in [4.69, 9.17) is 4.74 Å². The van der Waals surface area contributed by atoms with Crippen molar-refractivity contribution in [1.82, 2.24) is 0 Å². The molecule has 0 radical (unpaired) electrons. The monoisotopic (exact) mass is 308 g/mol. The Morgan fingerprint density at radius 2 is 1.52 bits per heavy atom. The van der Waals surface area contributed by atoms with Gasteiger partial charge in [-0.2, -0.15) is 11.8 Å². The predicted octanol–water partition coefficient (Wildman–Crippen LogP) is 5.97. The Kier molecular flexibility index (Phi) is 7.12. The van der Waals surface area contributed by atoms with Gasteiger partial charge in [-0.25, -0.2) is 0 Å². The van der Waals surface area contributed by atoms with Crippen LogP contribution in [-0.2, 0) is 6.42 Å². The summed E-state index contributed by atoms with van der Waals surface area (Å²) in [5, 5.41) is 0. The van der Waals surface area contributed by atoms with Crippen molar-refractivity contribution in [1.29, 1.82) is 0 Å². The molecule has 1 nitrogen and oxygen atoms in total. The number of hydrogen-bond acceptors (Lipinski definition) is 2. The Hall–Kier alpha value is -0.630. The minimum absolute atomic E-state index is 0.121. The Bertz CT molecular complexity index is 395. The molecule has 0 aliphatic rings. The van der Waals surface area contributed by atoms with Crippen molar-refractivity contribution in [3.63, 3.8) is 0 Å². The van der Waals surface area contributed by atoms with Gasteiger partial charge in [-0.3, -0.25) is 0 Å². The molecule has 0 aliphatic heterocycles. The lowest BCUT2D eigenvalue weighted by atomic mass is 9.91. The first-order valence-corrected chi connectivity index (χ1v) is 9.17. The largest absolute Gasteiger partial charge is 0.488 e. The molecule has 21 heavy (non-hydrogen) atoms. The van der Waals surface area contributed by atoms with Crippen molar-refractivity contribution in [2.75, 3.05) is 11.5 Å². The van der Waals surface area contributed by atoms with Gasteiger partial charge in [0, 0.05) is 0 Å². The first-order valence-electron chi connectivity index (χ1n) is 8.01. The molecule has 0 saturated heterocycles. The minimum Gasteiger partial charge on any atom is -0.488 e. The molecule has 0 bridgehead atoms. The number of hydrogen-bond donors (Lipinski definition) is 0. The molecule has 0 aliphatic carbocycles. The summed E-state index contributed by atoms with van der Waals surface area (Å²) in [6.45, 7) is 13.2. The molecule has 0 atom stereocenters. The zero-order valence-electron chi connectivity index (χ0n) is 14.7. The summed E-state index contributed by atoms with van der Waals surface area (Å²) in [6, 6.07) is 8.56. The quantitative estimate of drug-likeness (QED) is 0.574. The van der Waals surface area contributed by atoms with Gasteiger partial charge in [-0.1, -0.05) is 32.9 Å². The van der Waals surface area contributed by atoms with Crippen LogP contribution in [0.3, 0.4) is 0 Å². The second-order valence-electron chi connectivity index (χ2n) is 7.88. The van der Waals surface area contributed by atoms with Crippen LogP contribution in [-0.4, -0.2) is 17.1 Å². The minimum atomic E-state index is -0.121. The van der Waals surface area contributed by atoms with Crippen LogP contribution in [0.15, 0.2) is 24.3 Å². The van der Waals surface area contributed by atoms with Crippen LogP contribution in [0.1, 0.15) is 59.9 Å². The molecule has 0 amide bonds. The van der Waals surface area contributed by atoms with Gasteiger partial charge in [0.1, 0.15) is 11.4 Å². The van der Waals surface area contributed by atoms with Crippen molar-refractivity contribution >= 4 is 11.8 Å². The second-order valence-corrected chi connectivity index (χ2v) is 9.11. The molecule has 0 saturated carbocycles. The molecule has 0 aromatic heterocycles. The highest BCUT2D eigenvalue weighted by Gasteiger charge is 2.11. The average Bonchev–Trinajstić information content (AvgIpc) is 2.32.